The Morgan fingerprint density at radius 2 is 2.05 bits per heavy atom. The molecule has 0 aromatic carbocycles. The molecule has 1 aliphatic carbocycles. The van der Waals surface area contributed by atoms with E-state index in [9.17, 15) is 10.0 Å². The third-order valence-electron chi connectivity index (χ3n) is 3.43. The van der Waals surface area contributed by atoms with Gasteiger partial charge in [0.1, 0.15) is 5.82 Å². The van der Waals surface area contributed by atoms with Crippen molar-refractivity contribution < 1.29 is 4.79 Å². The SMILES string of the molecule is CC(=O)N(c1ccnc(C2CC2)c1)c1cc(N[O-])ccn1. The number of anilines is 3. The summed E-state index contributed by atoms with van der Waals surface area (Å²) in [5, 5.41) is 10.8. The van der Waals surface area contributed by atoms with Gasteiger partial charge in [-0.2, -0.15) is 0 Å². The first-order valence-electron chi connectivity index (χ1n) is 6.80. The Kier molecular flexibility index (Phi) is 3.53. The van der Waals surface area contributed by atoms with E-state index in [1.54, 1.807) is 24.4 Å². The number of pyridine rings is 2. The van der Waals surface area contributed by atoms with Crippen LogP contribution >= 0.6 is 0 Å². The zero-order chi connectivity index (χ0) is 14.8. The highest BCUT2D eigenvalue weighted by atomic mass is 16.5. The minimum atomic E-state index is -0.168. The summed E-state index contributed by atoms with van der Waals surface area (Å²) in [6, 6.07) is 6.78. The molecule has 1 amide bonds. The highest BCUT2D eigenvalue weighted by Gasteiger charge is 2.26. The number of amides is 1. The Morgan fingerprint density at radius 3 is 2.71 bits per heavy atom. The van der Waals surface area contributed by atoms with Crippen LogP contribution in [-0.4, -0.2) is 15.9 Å². The van der Waals surface area contributed by atoms with Crippen molar-refractivity contribution >= 4 is 23.1 Å². The summed E-state index contributed by atoms with van der Waals surface area (Å²) in [4.78, 5) is 22.0. The number of aromatic nitrogens is 2. The second-order valence-corrected chi connectivity index (χ2v) is 5.07. The predicted octanol–water partition coefficient (Wildman–Crippen LogP) is 2.95. The molecule has 0 bridgehead atoms. The van der Waals surface area contributed by atoms with Crippen LogP contribution in [0.4, 0.5) is 17.2 Å². The minimum Gasteiger partial charge on any atom is -0.761 e. The predicted molar refractivity (Wildman–Crippen MR) is 80.3 cm³/mol. The molecule has 0 aliphatic heterocycles. The summed E-state index contributed by atoms with van der Waals surface area (Å²) in [6.07, 6.45) is 5.48. The zero-order valence-corrected chi connectivity index (χ0v) is 11.6. The van der Waals surface area contributed by atoms with Crippen molar-refractivity contribution in [2.45, 2.75) is 25.7 Å². The summed E-state index contributed by atoms with van der Waals surface area (Å²) < 4.78 is 0. The Morgan fingerprint density at radius 1 is 1.29 bits per heavy atom. The molecule has 1 N–H and O–H groups in total. The molecule has 6 heteroatoms. The molecule has 2 aromatic heterocycles. The molecule has 6 nitrogen and oxygen atoms in total. The molecule has 0 saturated heterocycles. The Labute approximate surface area is 122 Å². The van der Waals surface area contributed by atoms with Gasteiger partial charge in [0, 0.05) is 42.7 Å². The van der Waals surface area contributed by atoms with Crippen LogP contribution in [0.3, 0.4) is 0 Å². The number of nitrogens with zero attached hydrogens (tertiary/aromatic N) is 3. The zero-order valence-electron chi connectivity index (χ0n) is 11.6. The standard InChI is InChI=1S/C15H15N4O2/c1-10(20)19(15-8-12(18-21)4-6-17-15)13-5-7-16-14(9-13)11-2-3-11/h4-9,11H,2-3H2,1H3,(H-,17,18,21)/q-1. The fourth-order valence-corrected chi connectivity index (χ4v) is 2.26. The van der Waals surface area contributed by atoms with Crippen LogP contribution in [-0.2, 0) is 4.79 Å². The van der Waals surface area contributed by atoms with E-state index in [0.29, 0.717) is 17.4 Å². The van der Waals surface area contributed by atoms with Crippen molar-refractivity contribution in [3.63, 3.8) is 0 Å². The van der Waals surface area contributed by atoms with Gasteiger partial charge in [0.25, 0.3) is 0 Å². The van der Waals surface area contributed by atoms with Crippen molar-refractivity contribution in [2.24, 2.45) is 0 Å². The van der Waals surface area contributed by atoms with Crippen LogP contribution in [0.25, 0.3) is 0 Å². The van der Waals surface area contributed by atoms with Crippen LogP contribution in [0.1, 0.15) is 31.4 Å². The molecule has 0 unspecified atom stereocenters. The Bertz CT molecular complexity index is 670. The van der Waals surface area contributed by atoms with Crippen LogP contribution < -0.4 is 10.4 Å². The lowest BCUT2D eigenvalue weighted by atomic mass is 10.2. The molecular formula is C15H15N4O2-. The molecule has 1 fully saturated rings. The fourth-order valence-electron chi connectivity index (χ4n) is 2.26. The van der Waals surface area contributed by atoms with Crippen molar-refractivity contribution in [1.82, 2.24) is 9.97 Å². The number of rotatable bonds is 4. The van der Waals surface area contributed by atoms with Crippen LogP contribution in [0.5, 0.6) is 0 Å². The fraction of sp³-hybridized carbons (Fsp3) is 0.267. The molecular weight excluding hydrogens is 268 g/mol. The molecule has 0 atom stereocenters. The first-order valence-corrected chi connectivity index (χ1v) is 6.80. The van der Waals surface area contributed by atoms with Gasteiger partial charge in [0.2, 0.25) is 5.91 Å². The molecule has 21 heavy (non-hydrogen) atoms. The molecule has 0 spiro atoms. The van der Waals surface area contributed by atoms with Gasteiger partial charge in [-0.05, 0) is 31.0 Å². The first-order chi connectivity index (χ1) is 10.2. The number of nitrogens with one attached hydrogen (secondary N) is 1. The Balaban J connectivity index is 2.00. The van der Waals surface area contributed by atoms with Gasteiger partial charge >= 0.3 is 0 Å². The van der Waals surface area contributed by atoms with Crippen LogP contribution in [0.15, 0.2) is 36.7 Å². The molecule has 2 aromatic rings. The largest absolute Gasteiger partial charge is 0.761 e. The van der Waals surface area contributed by atoms with Gasteiger partial charge in [-0.1, -0.05) is 0 Å². The van der Waals surface area contributed by atoms with Gasteiger partial charge in [0.15, 0.2) is 0 Å². The average molecular weight is 283 g/mol. The number of hydrogen-bond donors (Lipinski definition) is 1. The second kappa shape index (κ2) is 5.49. The van der Waals surface area contributed by atoms with Crippen molar-refractivity contribution in [3.8, 4) is 0 Å². The van der Waals surface area contributed by atoms with Crippen LogP contribution in [0, 0.1) is 5.21 Å². The van der Waals surface area contributed by atoms with E-state index in [2.05, 4.69) is 9.97 Å². The van der Waals surface area contributed by atoms with E-state index < -0.39 is 0 Å². The van der Waals surface area contributed by atoms with E-state index in [4.69, 9.17) is 0 Å². The normalized spacial score (nSPS) is 13.8. The quantitative estimate of drug-likeness (QED) is 0.872. The molecule has 0 radical (unpaired) electrons. The van der Waals surface area contributed by atoms with Crippen molar-refractivity contribution in [2.75, 3.05) is 10.4 Å². The van der Waals surface area contributed by atoms with Crippen molar-refractivity contribution in [1.29, 1.82) is 0 Å². The highest BCUT2D eigenvalue weighted by Crippen LogP contribution is 2.40. The van der Waals surface area contributed by atoms with E-state index in [1.807, 2.05) is 11.5 Å². The summed E-state index contributed by atoms with van der Waals surface area (Å²) in [5.41, 5.74) is 3.89. The highest BCUT2D eigenvalue weighted by molar-refractivity contribution is 5.98. The topological polar surface area (TPSA) is 81.2 Å². The van der Waals surface area contributed by atoms with Crippen LogP contribution in [0.2, 0.25) is 0 Å². The van der Waals surface area contributed by atoms with Crippen molar-refractivity contribution in [3.05, 3.63) is 47.6 Å². The lowest BCUT2D eigenvalue weighted by molar-refractivity contribution is -0.115. The monoisotopic (exact) mass is 283 g/mol. The van der Waals surface area contributed by atoms with Gasteiger partial charge < -0.3 is 10.7 Å². The van der Waals surface area contributed by atoms with Gasteiger partial charge in [-0.25, -0.2) is 4.98 Å². The Hall–Kier alpha value is -2.47. The van der Waals surface area contributed by atoms with E-state index in [1.165, 1.54) is 18.0 Å². The third kappa shape index (κ3) is 2.85. The van der Waals surface area contributed by atoms with Gasteiger partial charge in [-0.3, -0.25) is 14.7 Å². The molecule has 3 rings (SSSR count). The summed E-state index contributed by atoms with van der Waals surface area (Å²) in [7, 11) is 0. The molecule has 108 valence electrons. The maximum absolute atomic E-state index is 12.0. The van der Waals surface area contributed by atoms with Gasteiger partial charge in [0.05, 0.1) is 5.69 Å². The van der Waals surface area contributed by atoms with E-state index in [0.717, 1.165) is 24.2 Å². The smallest absolute Gasteiger partial charge is 0.229 e. The molecule has 1 aliphatic rings. The molecule has 2 heterocycles. The maximum atomic E-state index is 12.0. The van der Waals surface area contributed by atoms with E-state index >= 15 is 0 Å². The number of carbonyl (C=O) groups is 1. The van der Waals surface area contributed by atoms with E-state index in [-0.39, 0.29) is 5.91 Å². The summed E-state index contributed by atoms with van der Waals surface area (Å²) in [6.45, 7) is 1.47. The summed E-state index contributed by atoms with van der Waals surface area (Å²) in [5.74, 6) is 0.746. The average Bonchev–Trinajstić information content (AvgIpc) is 3.32. The second-order valence-electron chi connectivity index (χ2n) is 5.07. The summed E-state index contributed by atoms with van der Waals surface area (Å²) >= 11 is 0. The number of hydrogen-bond acceptors (Lipinski definition) is 5. The maximum Gasteiger partial charge on any atom is 0.229 e. The lowest BCUT2D eigenvalue weighted by Gasteiger charge is -2.22. The number of carbonyl (C=O) groups excluding carboxylic acids is 1. The minimum absolute atomic E-state index is 0.168. The first kappa shape index (κ1) is 13.5. The van der Waals surface area contributed by atoms with Gasteiger partial charge in [-0.15, -0.1) is 0 Å². The molecule has 1 saturated carbocycles. The lowest BCUT2D eigenvalue weighted by Crippen LogP contribution is -2.24. The third-order valence-corrected chi connectivity index (χ3v) is 3.43.